The molecular formula is C23H27N5O3. The number of amides is 2. The Morgan fingerprint density at radius 1 is 1.10 bits per heavy atom. The lowest BCUT2D eigenvalue weighted by molar-refractivity contribution is -0.121. The van der Waals surface area contributed by atoms with E-state index >= 15 is 0 Å². The van der Waals surface area contributed by atoms with Crippen molar-refractivity contribution in [1.29, 1.82) is 0 Å². The number of amidine groups is 1. The number of primary amides is 1. The Balaban J connectivity index is 1.34. The van der Waals surface area contributed by atoms with Gasteiger partial charge < -0.3 is 21.5 Å². The third-order valence-corrected chi connectivity index (χ3v) is 4.83. The van der Waals surface area contributed by atoms with E-state index in [2.05, 4.69) is 15.3 Å². The first-order valence-corrected chi connectivity index (χ1v) is 10.2. The number of nitrogens with zero attached hydrogens (tertiary/aromatic N) is 2. The number of carbonyl (C=O) groups is 2. The number of rotatable bonds is 10. The van der Waals surface area contributed by atoms with Crippen LogP contribution >= 0.6 is 0 Å². The maximum absolute atomic E-state index is 12.0. The van der Waals surface area contributed by atoms with E-state index in [-0.39, 0.29) is 18.0 Å². The Labute approximate surface area is 181 Å². The summed E-state index contributed by atoms with van der Waals surface area (Å²) in [6, 6.07) is 14.8. The number of benzene rings is 2. The number of aryl methyl sites for hydroxylation is 1. The zero-order valence-corrected chi connectivity index (χ0v) is 17.5. The molecule has 3 rings (SSSR count). The number of hydrogen-bond donors (Lipinski definition) is 3. The second-order valence-corrected chi connectivity index (χ2v) is 7.29. The molecule has 1 aliphatic heterocycles. The van der Waals surface area contributed by atoms with Crippen molar-refractivity contribution in [1.82, 2.24) is 5.32 Å². The Kier molecular flexibility index (Phi) is 7.37. The summed E-state index contributed by atoms with van der Waals surface area (Å²) >= 11 is 0. The van der Waals surface area contributed by atoms with Gasteiger partial charge in [-0.15, -0.1) is 0 Å². The molecule has 1 heterocycles. The molecule has 31 heavy (non-hydrogen) atoms. The number of hydrogen-bond acceptors (Lipinski definition) is 5. The molecule has 2 amide bonds. The van der Waals surface area contributed by atoms with Crippen LogP contribution in [0.3, 0.4) is 0 Å². The number of nitrogens with two attached hydrogens (primary N) is 2. The smallest absolute Gasteiger partial charge is 0.249 e. The second-order valence-electron chi connectivity index (χ2n) is 7.29. The number of aliphatic imine (C=N–C) groups is 2. The highest BCUT2D eigenvalue weighted by molar-refractivity contribution is 6.08. The first-order chi connectivity index (χ1) is 14.9. The van der Waals surface area contributed by atoms with Crippen molar-refractivity contribution >= 4 is 23.5 Å². The maximum atomic E-state index is 12.0. The highest BCUT2D eigenvalue weighted by Gasteiger charge is 2.24. The van der Waals surface area contributed by atoms with E-state index in [1.807, 2.05) is 31.2 Å². The first kappa shape index (κ1) is 22.0. The lowest BCUT2D eigenvalue weighted by Gasteiger charge is -2.25. The van der Waals surface area contributed by atoms with E-state index in [1.165, 1.54) is 5.56 Å². The van der Waals surface area contributed by atoms with E-state index < -0.39 is 5.91 Å². The van der Waals surface area contributed by atoms with Gasteiger partial charge in [0.05, 0.1) is 0 Å². The molecule has 0 fully saturated rings. The van der Waals surface area contributed by atoms with Crippen molar-refractivity contribution in [2.24, 2.45) is 21.5 Å². The highest BCUT2D eigenvalue weighted by Crippen LogP contribution is 2.19. The van der Waals surface area contributed by atoms with Crippen LogP contribution in [0.25, 0.3) is 0 Å². The van der Waals surface area contributed by atoms with Crippen molar-refractivity contribution in [2.45, 2.75) is 32.4 Å². The Morgan fingerprint density at radius 3 is 2.45 bits per heavy atom. The lowest BCUT2D eigenvalue weighted by atomic mass is 10.1. The SMILES string of the molecule is Cc1ccc(C2=NC(CCC(=O)NCCCN=C(N)c3ccccc3C(N)=O)O2)cc1. The molecule has 2 aromatic carbocycles. The van der Waals surface area contributed by atoms with Crippen LogP contribution in [0.1, 0.15) is 46.3 Å². The number of ether oxygens (including phenoxy) is 1. The van der Waals surface area contributed by atoms with Gasteiger partial charge in [0.25, 0.3) is 0 Å². The zero-order chi connectivity index (χ0) is 22.2. The molecule has 0 aromatic heterocycles. The zero-order valence-electron chi connectivity index (χ0n) is 17.5. The normalized spacial score (nSPS) is 15.5. The highest BCUT2D eigenvalue weighted by atomic mass is 16.5. The molecule has 5 N–H and O–H groups in total. The number of nitrogens with one attached hydrogen (secondary N) is 1. The largest absolute Gasteiger partial charge is 0.451 e. The van der Waals surface area contributed by atoms with E-state index in [1.54, 1.807) is 24.3 Å². The van der Waals surface area contributed by atoms with Crippen molar-refractivity contribution in [2.75, 3.05) is 13.1 Å². The summed E-state index contributed by atoms with van der Waals surface area (Å²) in [6.45, 7) is 2.94. The predicted octanol–water partition coefficient (Wildman–Crippen LogP) is 1.89. The molecule has 0 bridgehead atoms. The quantitative estimate of drug-likeness (QED) is 0.307. The number of carbonyl (C=O) groups excluding carboxylic acids is 2. The Bertz CT molecular complexity index is 999. The minimum absolute atomic E-state index is 0.0568. The van der Waals surface area contributed by atoms with Gasteiger partial charge in [0, 0.05) is 42.6 Å². The van der Waals surface area contributed by atoms with Crippen LogP contribution in [0.4, 0.5) is 0 Å². The molecule has 0 saturated heterocycles. The van der Waals surface area contributed by atoms with Gasteiger partial charge >= 0.3 is 0 Å². The standard InChI is InChI=1S/C23H27N5O3/c1-15-7-9-16(10-8-15)23-28-20(31-23)12-11-19(29)26-13-4-14-27-21(24)17-5-2-3-6-18(17)22(25)30/h2-3,5-10,20H,4,11-14H2,1H3,(H2,24,27)(H2,25,30)(H,26,29). The first-order valence-electron chi connectivity index (χ1n) is 10.2. The predicted molar refractivity (Wildman–Crippen MR) is 120 cm³/mol. The third-order valence-electron chi connectivity index (χ3n) is 4.83. The van der Waals surface area contributed by atoms with Crippen molar-refractivity contribution in [3.05, 3.63) is 70.8 Å². The monoisotopic (exact) mass is 421 g/mol. The molecule has 0 radical (unpaired) electrons. The van der Waals surface area contributed by atoms with Gasteiger partial charge in [0.2, 0.25) is 17.7 Å². The van der Waals surface area contributed by atoms with Crippen LogP contribution in [0.5, 0.6) is 0 Å². The molecule has 1 aliphatic rings. The molecular weight excluding hydrogens is 394 g/mol. The van der Waals surface area contributed by atoms with Crippen LogP contribution in [0.15, 0.2) is 58.5 Å². The maximum Gasteiger partial charge on any atom is 0.249 e. The fraction of sp³-hybridized carbons (Fsp3) is 0.304. The molecule has 1 unspecified atom stereocenters. The van der Waals surface area contributed by atoms with Crippen LogP contribution in [-0.2, 0) is 9.53 Å². The molecule has 2 aromatic rings. The van der Waals surface area contributed by atoms with Gasteiger partial charge in [0.15, 0.2) is 6.23 Å². The van der Waals surface area contributed by atoms with E-state index in [4.69, 9.17) is 16.2 Å². The van der Waals surface area contributed by atoms with Gasteiger partial charge in [-0.25, -0.2) is 4.99 Å². The topological polar surface area (TPSA) is 132 Å². The summed E-state index contributed by atoms with van der Waals surface area (Å²) in [4.78, 5) is 32.1. The molecule has 162 valence electrons. The third kappa shape index (κ3) is 6.15. The van der Waals surface area contributed by atoms with Crippen molar-refractivity contribution in [3.63, 3.8) is 0 Å². The van der Waals surface area contributed by atoms with Crippen LogP contribution in [-0.4, -0.2) is 42.9 Å². The summed E-state index contributed by atoms with van der Waals surface area (Å²) in [5.41, 5.74) is 14.3. The molecule has 0 saturated carbocycles. The van der Waals surface area contributed by atoms with Gasteiger partial charge in [-0.3, -0.25) is 14.6 Å². The van der Waals surface area contributed by atoms with Gasteiger partial charge in [0.1, 0.15) is 5.84 Å². The Morgan fingerprint density at radius 2 is 1.77 bits per heavy atom. The van der Waals surface area contributed by atoms with Crippen LogP contribution in [0.2, 0.25) is 0 Å². The fourth-order valence-corrected chi connectivity index (χ4v) is 3.09. The summed E-state index contributed by atoms with van der Waals surface area (Å²) in [5, 5.41) is 2.85. The minimum Gasteiger partial charge on any atom is -0.451 e. The summed E-state index contributed by atoms with van der Waals surface area (Å²) in [5.74, 6) is 0.272. The molecule has 0 spiro atoms. The minimum atomic E-state index is -0.549. The lowest BCUT2D eigenvalue weighted by Crippen LogP contribution is -2.31. The summed E-state index contributed by atoms with van der Waals surface area (Å²) in [6.07, 6.45) is 1.24. The van der Waals surface area contributed by atoms with Crippen LogP contribution < -0.4 is 16.8 Å². The van der Waals surface area contributed by atoms with E-state index in [9.17, 15) is 9.59 Å². The summed E-state index contributed by atoms with van der Waals surface area (Å²) < 4.78 is 5.66. The fourth-order valence-electron chi connectivity index (χ4n) is 3.09. The van der Waals surface area contributed by atoms with Gasteiger partial charge in [-0.1, -0.05) is 35.9 Å². The molecule has 1 atom stereocenters. The van der Waals surface area contributed by atoms with E-state index in [0.717, 1.165) is 5.56 Å². The average Bonchev–Trinajstić information content (AvgIpc) is 2.73. The average molecular weight is 422 g/mol. The van der Waals surface area contributed by atoms with Crippen molar-refractivity contribution < 1.29 is 14.3 Å². The van der Waals surface area contributed by atoms with Gasteiger partial charge in [-0.05, 0) is 31.5 Å². The Hall–Kier alpha value is -3.68. The molecule has 8 heteroatoms. The van der Waals surface area contributed by atoms with Gasteiger partial charge in [-0.2, -0.15) is 0 Å². The molecule has 0 aliphatic carbocycles. The van der Waals surface area contributed by atoms with E-state index in [0.29, 0.717) is 49.4 Å². The van der Waals surface area contributed by atoms with Crippen molar-refractivity contribution in [3.8, 4) is 0 Å². The molecule has 8 nitrogen and oxygen atoms in total. The van der Waals surface area contributed by atoms with Crippen LogP contribution in [0, 0.1) is 6.92 Å². The second kappa shape index (κ2) is 10.4. The summed E-state index contributed by atoms with van der Waals surface area (Å²) in [7, 11) is 0.